The summed E-state index contributed by atoms with van der Waals surface area (Å²) in [6, 6.07) is 7.73. The first kappa shape index (κ1) is 15.8. The minimum absolute atomic E-state index is 0.0283. The Kier molecular flexibility index (Phi) is 4.84. The number of rotatable bonds is 4. The van der Waals surface area contributed by atoms with Gasteiger partial charge in [-0.1, -0.05) is 31.9 Å². The highest BCUT2D eigenvalue weighted by molar-refractivity contribution is 5.98. The van der Waals surface area contributed by atoms with Crippen molar-refractivity contribution in [2.45, 2.75) is 45.1 Å². The molecule has 0 radical (unpaired) electrons. The highest BCUT2D eigenvalue weighted by Crippen LogP contribution is 2.31. The summed E-state index contributed by atoms with van der Waals surface area (Å²) in [6.45, 7) is 2.64. The van der Waals surface area contributed by atoms with Crippen LogP contribution in [0.1, 0.15) is 39.0 Å². The van der Waals surface area contributed by atoms with Crippen molar-refractivity contribution in [3.05, 3.63) is 24.3 Å². The van der Waals surface area contributed by atoms with E-state index in [9.17, 15) is 9.59 Å². The number of carbonyl (C=O) groups excluding carboxylic acids is 2. The van der Waals surface area contributed by atoms with E-state index in [0.717, 1.165) is 12.1 Å². The Morgan fingerprint density at radius 2 is 2.09 bits per heavy atom. The number of anilines is 1. The van der Waals surface area contributed by atoms with E-state index in [4.69, 9.17) is 4.74 Å². The molecule has 1 saturated carbocycles. The SMILES string of the molecule is C[C@H]1CCCC[C@@H]1NC(=O)CCN1C(=O)COc2ccccc21. The van der Waals surface area contributed by atoms with Crippen molar-refractivity contribution in [3.63, 3.8) is 0 Å². The zero-order valence-electron chi connectivity index (χ0n) is 13.6. The second-order valence-electron chi connectivity index (χ2n) is 6.49. The van der Waals surface area contributed by atoms with Gasteiger partial charge in [-0.25, -0.2) is 0 Å². The molecule has 0 unspecified atom stereocenters. The lowest BCUT2D eigenvalue weighted by Crippen LogP contribution is -2.44. The molecule has 0 aromatic heterocycles. The monoisotopic (exact) mass is 316 g/mol. The van der Waals surface area contributed by atoms with Crippen LogP contribution >= 0.6 is 0 Å². The number of fused-ring (bicyclic) bond motifs is 1. The molecule has 0 bridgehead atoms. The summed E-state index contributed by atoms with van der Waals surface area (Å²) >= 11 is 0. The van der Waals surface area contributed by atoms with Gasteiger partial charge >= 0.3 is 0 Å². The number of ether oxygens (including phenoxy) is 1. The van der Waals surface area contributed by atoms with E-state index in [2.05, 4.69) is 12.2 Å². The minimum Gasteiger partial charge on any atom is -0.482 e. The predicted molar refractivity (Wildman–Crippen MR) is 88.5 cm³/mol. The van der Waals surface area contributed by atoms with Gasteiger partial charge in [-0.15, -0.1) is 0 Å². The standard InChI is InChI=1S/C18H24N2O3/c1-13-6-2-3-7-14(13)19-17(21)10-11-20-15-8-4-5-9-16(15)23-12-18(20)22/h4-5,8-9,13-14H,2-3,6-7,10-12H2,1H3,(H,19,21)/t13-,14-/m0/s1. The summed E-state index contributed by atoms with van der Waals surface area (Å²) in [5.41, 5.74) is 0.752. The summed E-state index contributed by atoms with van der Waals surface area (Å²) in [5.74, 6) is 1.18. The number of hydrogen-bond donors (Lipinski definition) is 1. The molecule has 1 heterocycles. The first-order valence-corrected chi connectivity index (χ1v) is 8.46. The van der Waals surface area contributed by atoms with Crippen molar-refractivity contribution in [1.29, 1.82) is 0 Å². The van der Waals surface area contributed by atoms with Gasteiger partial charge in [-0.3, -0.25) is 9.59 Å². The molecule has 2 aliphatic rings. The van der Waals surface area contributed by atoms with Crippen LogP contribution in [0.15, 0.2) is 24.3 Å². The molecule has 1 aliphatic heterocycles. The Morgan fingerprint density at radius 1 is 1.30 bits per heavy atom. The number of nitrogens with one attached hydrogen (secondary N) is 1. The van der Waals surface area contributed by atoms with Gasteiger partial charge in [0.25, 0.3) is 5.91 Å². The number of benzene rings is 1. The van der Waals surface area contributed by atoms with Gasteiger partial charge in [0.15, 0.2) is 6.61 Å². The fraction of sp³-hybridized carbons (Fsp3) is 0.556. The van der Waals surface area contributed by atoms with Crippen LogP contribution in [-0.2, 0) is 9.59 Å². The van der Waals surface area contributed by atoms with Gasteiger partial charge in [0.05, 0.1) is 5.69 Å². The summed E-state index contributed by atoms with van der Waals surface area (Å²) in [6.07, 6.45) is 5.01. The second-order valence-corrected chi connectivity index (χ2v) is 6.49. The fourth-order valence-electron chi connectivity index (χ4n) is 3.42. The highest BCUT2D eigenvalue weighted by Gasteiger charge is 2.27. The van der Waals surface area contributed by atoms with Crippen molar-refractivity contribution < 1.29 is 14.3 Å². The molecule has 0 spiro atoms. The number of amides is 2. The molecule has 2 amide bonds. The molecule has 5 nitrogen and oxygen atoms in total. The molecule has 1 fully saturated rings. The first-order valence-electron chi connectivity index (χ1n) is 8.46. The van der Waals surface area contributed by atoms with Gasteiger partial charge in [-0.05, 0) is 30.9 Å². The third kappa shape index (κ3) is 3.66. The van der Waals surface area contributed by atoms with Gasteiger partial charge in [0.1, 0.15) is 5.75 Å². The Hall–Kier alpha value is -2.04. The van der Waals surface area contributed by atoms with Crippen LogP contribution in [-0.4, -0.2) is 31.0 Å². The molecule has 0 saturated heterocycles. The molecule has 1 aromatic rings. The Labute approximate surface area is 137 Å². The van der Waals surface area contributed by atoms with Gasteiger partial charge in [0, 0.05) is 19.0 Å². The van der Waals surface area contributed by atoms with E-state index in [1.807, 2.05) is 24.3 Å². The van der Waals surface area contributed by atoms with E-state index in [-0.39, 0.29) is 24.5 Å². The molecule has 1 aromatic carbocycles. The van der Waals surface area contributed by atoms with E-state index in [0.29, 0.717) is 24.6 Å². The zero-order valence-corrected chi connectivity index (χ0v) is 13.6. The van der Waals surface area contributed by atoms with Crippen LogP contribution in [0.25, 0.3) is 0 Å². The maximum Gasteiger partial charge on any atom is 0.265 e. The number of hydrogen-bond acceptors (Lipinski definition) is 3. The lowest BCUT2D eigenvalue weighted by molar-refractivity contribution is -0.122. The summed E-state index contributed by atoms with van der Waals surface area (Å²) < 4.78 is 5.42. The average Bonchev–Trinajstić information content (AvgIpc) is 2.56. The van der Waals surface area contributed by atoms with E-state index in [1.165, 1.54) is 19.3 Å². The minimum atomic E-state index is -0.0949. The van der Waals surface area contributed by atoms with Crippen LogP contribution in [0.3, 0.4) is 0 Å². The van der Waals surface area contributed by atoms with E-state index < -0.39 is 0 Å². The van der Waals surface area contributed by atoms with Crippen LogP contribution in [0.5, 0.6) is 5.75 Å². The molecule has 1 N–H and O–H groups in total. The zero-order chi connectivity index (χ0) is 16.2. The summed E-state index contributed by atoms with van der Waals surface area (Å²) in [4.78, 5) is 26.0. The third-order valence-corrected chi connectivity index (χ3v) is 4.83. The van der Waals surface area contributed by atoms with Gasteiger partial charge in [0.2, 0.25) is 5.91 Å². The predicted octanol–water partition coefficient (Wildman–Crippen LogP) is 2.50. The maximum atomic E-state index is 12.2. The first-order chi connectivity index (χ1) is 11.1. The number of carbonyl (C=O) groups is 2. The molecule has 2 atom stereocenters. The van der Waals surface area contributed by atoms with Crippen molar-refractivity contribution in [1.82, 2.24) is 5.32 Å². The Morgan fingerprint density at radius 3 is 2.91 bits per heavy atom. The molecule has 23 heavy (non-hydrogen) atoms. The van der Waals surface area contributed by atoms with Crippen molar-refractivity contribution in [2.24, 2.45) is 5.92 Å². The lowest BCUT2D eigenvalue weighted by Gasteiger charge is -2.31. The summed E-state index contributed by atoms with van der Waals surface area (Å²) in [7, 11) is 0. The Balaban J connectivity index is 1.57. The smallest absolute Gasteiger partial charge is 0.265 e. The van der Waals surface area contributed by atoms with Crippen molar-refractivity contribution in [3.8, 4) is 5.75 Å². The molecular formula is C18H24N2O3. The largest absolute Gasteiger partial charge is 0.482 e. The molecular weight excluding hydrogens is 292 g/mol. The average molecular weight is 316 g/mol. The quantitative estimate of drug-likeness (QED) is 0.928. The number of para-hydroxylation sites is 2. The van der Waals surface area contributed by atoms with Crippen molar-refractivity contribution >= 4 is 17.5 Å². The highest BCUT2D eigenvalue weighted by atomic mass is 16.5. The van der Waals surface area contributed by atoms with Crippen LogP contribution in [0.2, 0.25) is 0 Å². The van der Waals surface area contributed by atoms with E-state index in [1.54, 1.807) is 4.90 Å². The maximum absolute atomic E-state index is 12.2. The summed E-state index contributed by atoms with van der Waals surface area (Å²) in [5, 5.41) is 3.14. The van der Waals surface area contributed by atoms with Gasteiger partial charge < -0.3 is 15.0 Å². The van der Waals surface area contributed by atoms with Crippen LogP contribution in [0, 0.1) is 5.92 Å². The van der Waals surface area contributed by atoms with Crippen molar-refractivity contribution in [2.75, 3.05) is 18.1 Å². The molecule has 1 aliphatic carbocycles. The number of nitrogens with zero attached hydrogens (tertiary/aromatic N) is 1. The Bertz CT molecular complexity index is 587. The van der Waals surface area contributed by atoms with Crippen LogP contribution in [0.4, 0.5) is 5.69 Å². The van der Waals surface area contributed by atoms with E-state index >= 15 is 0 Å². The van der Waals surface area contributed by atoms with Gasteiger partial charge in [-0.2, -0.15) is 0 Å². The third-order valence-electron chi connectivity index (χ3n) is 4.83. The van der Waals surface area contributed by atoms with Crippen LogP contribution < -0.4 is 15.0 Å². The molecule has 5 heteroatoms. The fourth-order valence-corrected chi connectivity index (χ4v) is 3.42. The molecule has 124 valence electrons. The second kappa shape index (κ2) is 7.02. The normalized spacial score (nSPS) is 23.9. The lowest BCUT2D eigenvalue weighted by atomic mass is 9.86. The molecule has 3 rings (SSSR count). The topological polar surface area (TPSA) is 58.6 Å².